The SMILES string of the molecule is Nc1c(I)ncc(C(F)F)c1Br. The topological polar surface area (TPSA) is 38.9 Å². The Morgan fingerprint density at radius 2 is 2.17 bits per heavy atom. The second kappa shape index (κ2) is 3.82. The first-order valence-electron chi connectivity index (χ1n) is 2.91. The minimum Gasteiger partial charge on any atom is -0.396 e. The van der Waals surface area contributed by atoms with Crippen molar-refractivity contribution in [2.75, 3.05) is 5.73 Å². The molecule has 66 valence electrons. The van der Waals surface area contributed by atoms with Crippen LogP contribution in [0, 0.1) is 3.70 Å². The lowest BCUT2D eigenvalue weighted by molar-refractivity contribution is 0.150. The van der Waals surface area contributed by atoms with Crippen LogP contribution in [0.2, 0.25) is 0 Å². The number of halogens is 4. The van der Waals surface area contributed by atoms with Crippen LogP contribution in [0.25, 0.3) is 0 Å². The molecule has 0 aliphatic heterocycles. The van der Waals surface area contributed by atoms with Gasteiger partial charge in [0.25, 0.3) is 6.43 Å². The van der Waals surface area contributed by atoms with Crippen molar-refractivity contribution in [3.05, 3.63) is 19.9 Å². The first kappa shape index (κ1) is 10.1. The van der Waals surface area contributed by atoms with Gasteiger partial charge in [-0.1, -0.05) is 0 Å². The van der Waals surface area contributed by atoms with Gasteiger partial charge >= 0.3 is 0 Å². The van der Waals surface area contributed by atoms with Crippen LogP contribution in [0.4, 0.5) is 14.5 Å². The quantitative estimate of drug-likeness (QED) is 0.626. The summed E-state index contributed by atoms with van der Waals surface area (Å²) in [5.41, 5.74) is 5.55. The molecule has 0 saturated heterocycles. The molecule has 0 aliphatic rings. The second-order valence-corrected chi connectivity index (χ2v) is 3.85. The van der Waals surface area contributed by atoms with Gasteiger partial charge in [-0.3, -0.25) is 0 Å². The Bertz CT molecular complexity index is 306. The van der Waals surface area contributed by atoms with Crippen LogP contribution in [0.1, 0.15) is 12.0 Å². The van der Waals surface area contributed by atoms with Gasteiger partial charge in [0.05, 0.1) is 15.7 Å². The van der Waals surface area contributed by atoms with Crippen molar-refractivity contribution in [3.8, 4) is 0 Å². The third-order valence-electron chi connectivity index (χ3n) is 1.26. The zero-order valence-corrected chi connectivity index (χ0v) is 9.43. The molecule has 1 rings (SSSR count). The standard InChI is InChI=1S/C6H4BrF2IN2/c7-3-2(5(8)9)1-12-6(10)4(3)11/h1,5H,11H2. The van der Waals surface area contributed by atoms with Crippen LogP contribution in [-0.4, -0.2) is 4.98 Å². The average Bonchev–Trinajstić information content (AvgIpc) is 2.00. The normalized spacial score (nSPS) is 10.8. The molecule has 0 radical (unpaired) electrons. The molecule has 1 aromatic heterocycles. The highest BCUT2D eigenvalue weighted by atomic mass is 127. The van der Waals surface area contributed by atoms with E-state index in [4.69, 9.17) is 5.73 Å². The lowest BCUT2D eigenvalue weighted by Gasteiger charge is -2.05. The highest BCUT2D eigenvalue weighted by Gasteiger charge is 2.15. The molecule has 6 heteroatoms. The molecule has 0 aromatic carbocycles. The Morgan fingerprint density at radius 1 is 1.58 bits per heavy atom. The summed E-state index contributed by atoms with van der Waals surface area (Å²) in [4.78, 5) is 3.71. The molecule has 0 atom stereocenters. The monoisotopic (exact) mass is 348 g/mol. The zero-order valence-electron chi connectivity index (χ0n) is 5.69. The number of aromatic nitrogens is 1. The number of rotatable bonds is 1. The lowest BCUT2D eigenvalue weighted by atomic mass is 10.3. The molecular formula is C6H4BrF2IN2. The maximum Gasteiger partial charge on any atom is 0.266 e. The Kier molecular flexibility index (Phi) is 3.22. The van der Waals surface area contributed by atoms with E-state index in [1.54, 1.807) is 0 Å². The van der Waals surface area contributed by atoms with Gasteiger partial charge in [-0.2, -0.15) is 0 Å². The van der Waals surface area contributed by atoms with E-state index in [2.05, 4.69) is 20.9 Å². The summed E-state index contributed by atoms with van der Waals surface area (Å²) in [5.74, 6) is 0. The van der Waals surface area contributed by atoms with Gasteiger partial charge in [-0.25, -0.2) is 13.8 Å². The summed E-state index contributed by atoms with van der Waals surface area (Å²) in [6.07, 6.45) is -1.43. The number of nitrogens with two attached hydrogens (primary N) is 1. The van der Waals surface area contributed by atoms with Crippen molar-refractivity contribution >= 4 is 44.2 Å². The molecule has 12 heavy (non-hydrogen) atoms. The van der Waals surface area contributed by atoms with Crippen LogP contribution in [0.5, 0.6) is 0 Å². The van der Waals surface area contributed by atoms with Crippen molar-refractivity contribution in [2.45, 2.75) is 6.43 Å². The maximum atomic E-state index is 12.2. The van der Waals surface area contributed by atoms with Crippen molar-refractivity contribution in [1.82, 2.24) is 4.98 Å². The predicted molar refractivity (Wildman–Crippen MR) is 54.0 cm³/mol. The van der Waals surface area contributed by atoms with Crippen LogP contribution in [0.3, 0.4) is 0 Å². The maximum absolute atomic E-state index is 12.2. The number of alkyl halides is 2. The minimum absolute atomic E-state index is 0.173. The first-order valence-corrected chi connectivity index (χ1v) is 4.78. The molecule has 0 aliphatic carbocycles. The van der Waals surface area contributed by atoms with Gasteiger partial charge in [0.1, 0.15) is 3.70 Å². The molecule has 2 nitrogen and oxygen atoms in total. The van der Waals surface area contributed by atoms with Crippen LogP contribution < -0.4 is 5.73 Å². The van der Waals surface area contributed by atoms with Crippen molar-refractivity contribution in [1.29, 1.82) is 0 Å². The number of nitrogen functional groups attached to an aromatic ring is 1. The van der Waals surface area contributed by atoms with Crippen LogP contribution in [-0.2, 0) is 0 Å². The van der Waals surface area contributed by atoms with Gasteiger partial charge in [0.2, 0.25) is 0 Å². The summed E-state index contributed by atoms with van der Waals surface area (Å²) in [5, 5.41) is 0. The summed E-state index contributed by atoms with van der Waals surface area (Å²) in [7, 11) is 0. The van der Waals surface area contributed by atoms with Gasteiger partial charge < -0.3 is 5.73 Å². The fourth-order valence-electron chi connectivity index (χ4n) is 0.651. The van der Waals surface area contributed by atoms with Gasteiger partial charge in [0.15, 0.2) is 0 Å². The zero-order chi connectivity index (χ0) is 9.30. The van der Waals surface area contributed by atoms with E-state index in [1.807, 2.05) is 22.6 Å². The molecule has 2 N–H and O–H groups in total. The number of pyridine rings is 1. The fourth-order valence-corrected chi connectivity index (χ4v) is 1.89. The molecule has 0 bridgehead atoms. The Balaban J connectivity index is 3.27. The average molecular weight is 349 g/mol. The highest BCUT2D eigenvalue weighted by molar-refractivity contribution is 14.1. The third-order valence-corrected chi connectivity index (χ3v) is 3.01. The van der Waals surface area contributed by atoms with E-state index >= 15 is 0 Å². The number of anilines is 1. The summed E-state index contributed by atoms with van der Waals surface area (Å²) >= 11 is 4.86. The first-order chi connectivity index (χ1) is 5.54. The summed E-state index contributed by atoms with van der Waals surface area (Å²) in [6, 6.07) is 0. The van der Waals surface area contributed by atoms with E-state index in [0.29, 0.717) is 3.70 Å². The number of hydrogen-bond acceptors (Lipinski definition) is 2. The van der Waals surface area contributed by atoms with Crippen LogP contribution >= 0.6 is 38.5 Å². The molecule has 1 aromatic rings. The second-order valence-electron chi connectivity index (χ2n) is 2.03. The molecule has 0 amide bonds. The number of nitrogens with zero attached hydrogens (tertiary/aromatic N) is 1. The molecular weight excluding hydrogens is 345 g/mol. The van der Waals surface area contributed by atoms with Gasteiger partial charge in [0, 0.05) is 6.20 Å². The van der Waals surface area contributed by atoms with Gasteiger partial charge in [-0.15, -0.1) is 0 Å². The van der Waals surface area contributed by atoms with E-state index in [1.165, 1.54) is 0 Å². The van der Waals surface area contributed by atoms with Gasteiger partial charge in [-0.05, 0) is 38.5 Å². The Morgan fingerprint density at radius 3 is 2.67 bits per heavy atom. The molecule has 0 saturated carbocycles. The molecule has 0 spiro atoms. The van der Waals surface area contributed by atoms with Crippen molar-refractivity contribution < 1.29 is 8.78 Å². The fraction of sp³-hybridized carbons (Fsp3) is 0.167. The van der Waals surface area contributed by atoms with E-state index in [0.717, 1.165) is 6.20 Å². The Hall–Kier alpha value is 0.0200. The summed E-state index contributed by atoms with van der Waals surface area (Å²) in [6.45, 7) is 0. The van der Waals surface area contributed by atoms with Crippen LogP contribution in [0.15, 0.2) is 10.7 Å². The lowest BCUT2D eigenvalue weighted by Crippen LogP contribution is -1.98. The molecule has 1 heterocycles. The Labute approximate surface area is 89.8 Å². The van der Waals surface area contributed by atoms with Crippen molar-refractivity contribution in [2.24, 2.45) is 0 Å². The minimum atomic E-state index is -2.55. The summed E-state index contributed by atoms with van der Waals surface area (Å²) < 4.78 is 25.2. The van der Waals surface area contributed by atoms with E-state index in [-0.39, 0.29) is 15.7 Å². The molecule has 0 unspecified atom stereocenters. The smallest absolute Gasteiger partial charge is 0.266 e. The largest absolute Gasteiger partial charge is 0.396 e. The third kappa shape index (κ3) is 1.85. The van der Waals surface area contributed by atoms with E-state index in [9.17, 15) is 8.78 Å². The number of hydrogen-bond donors (Lipinski definition) is 1. The highest BCUT2D eigenvalue weighted by Crippen LogP contribution is 2.32. The predicted octanol–water partition coefficient (Wildman–Crippen LogP) is 2.97. The molecule has 0 fully saturated rings. The van der Waals surface area contributed by atoms with Crippen molar-refractivity contribution in [3.63, 3.8) is 0 Å². The van der Waals surface area contributed by atoms with E-state index < -0.39 is 6.43 Å².